The van der Waals surface area contributed by atoms with Gasteiger partial charge in [-0.3, -0.25) is 14.4 Å². The zero-order valence-corrected chi connectivity index (χ0v) is 17.2. The topological polar surface area (TPSA) is 141 Å². The number of aromatic nitrogens is 2. The monoisotopic (exact) mass is 439 g/mol. The van der Waals surface area contributed by atoms with E-state index < -0.39 is 31.4 Å². The molecule has 0 fully saturated rings. The first-order chi connectivity index (χ1) is 15.0. The molecule has 158 valence electrons. The van der Waals surface area contributed by atoms with Gasteiger partial charge in [0.1, 0.15) is 5.56 Å². The van der Waals surface area contributed by atoms with Gasteiger partial charge < -0.3 is 15.6 Å². The summed E-state index contributed by atoms with van der Waals surface area (Å²) in [6.07, 6.45) is 0.912. The van der Waals surface area contributed by atoms with Gasteiger partial charge >= 0.3 is 8.03 Å². The van der Waals surface area contributed by atoms with Crippen LogP contribution in [0.15, 0.2) is 71.7 Å². The summed E-state index contributed by atoms with van der Waals surface area (Å²) in [6, 6.07) is 18.1. The van der Waals surface area contributed by atoms with E-state index >= 15 is 0 Å². The fourth-order valence-electron chi connectivity index (χ4n) is 2.88. The van der Waals surface area contributed by atoms with Crippen LogP contribution in [0.2, 0.25) is 0 Å². The van der Waals surface area contributed by atoms with Crippen LogP contribution in [0.3, 0.4) is 0 Å². The van der Waals surface area contributed by atoms with E-state index in [9.17, 15) is 18.9 Å². The summed E-state index contributed by atoms with van der Waals surface area (Å²) in [4.78, 5) is 52.1. The standard InChI is InChI=1S/C21H19N4O5P/c26-19(16-13-23-18(25-20(16)27)21(28)22-11-12-31(29)30)24-17(14-7-3-1-4-8-14)15-9-5-2-6-10-15/h1-10,13,17H,11-12H2,(H3-,22,23,24,25,26,27,28,29,30)/p+1. The summed E-state index contributed by atoms with van der Waals surface area (Å²) in [5.74, 6) is -1.65. The molecular weight excluding hydrogens is 419 g/mol. The van der Waals surface area contributed by atoms with Crippen LogP contribution >= 0.6 is 8.03 Å². The number of amides is 2. The van der Waals surface area contributed by atoms with Crippen molar-refractivity contribution in [3.8, 4) is 0 Å². The zero-order chi connectivity index (χ0) is 22.2. The van der Waals surface area contributed by atoms with Crippen molar-refractivity contribution in [3.05, 3.63) is 99.7 Å². The fourth-order valence-corrected chi connectivity index (χ4v) is 3.18. The third-order valence-electron chi connectivity index (χ3n) is 4.39. The number of carbonyl (C=O) groups excluding carboxylic acids is 2. The van der Waals surface area contributed by atoms with E-state index in [2.05, 4.69) is 20.6 Å². The third kappa shape index (κ3) is 5.91. The van der Waals surface area contributed by atoms with Crippen molar-refractivity contribution in [1.82, 2.24) is 20.6 Å². The van der Waals surface area contributed by atoms with E-state index in [4.69, 9.17) is 4.89 Å². The highest BCUT2D eigenvalue weighted by Gasteiger charge is 2.21. The van der Waals surface area contributed by atoms with E-state index in [0.29, 0.717) is 0 Å². The van der Waals surface area contributed by atoms with E-state index in [1.165, 1.54) is 0 Å². The van der Waals surface area contributed by atoms with Gasteiger partial charge in [-0.25, -0.2) is 4.98 Å². The Kier molecular flexibility index (Phi) is 7.37. The molecule has 4 N–H and O–H groups in total. The molecule has 0 saturated heterocycles. The molecule has 0 aliphatic carbocycles. The maximum Gasteiger partial charge on any atom is 0.507 e. The lowest BCUT2D eigenvalue weighted by Gasteiger charge is -2.19. The minimum atomic E-state index is -2.38. The van der Waals surface area contributed by atoms with Gasteiger partial charge in [0.15, 0.2) is 12.0 Å². The van der Waals surface area contributed by atoms with Crippen molar-refractivity contribution >= 4 is 19.8 Å². The van der Waals surface area contributed by atoms with Gasteiger partial charge in [0.05, 0.1) is 12.6 Å². The van der Waals surface area contributed by atoms with E-state index in [-0.39, 0.29) is 24.1 Å². The van der Waals surface area contributed by atoms with Crippen LogP contribution in [0.4, 0.5) is 0 Å². The first-order valence-electron chi connectivity index (χ1n) is 9.37. The van der Waals surface area contributed by atoms with Gasteiger partial charge in [0.2, 0.25) is 0 Å². The Morgan fingerprint density at radius 2 is 1.58 bits per heavy atom. The highest BCUT2D eigenvalue weighted by molar-refractivity contribution is 7.38. The Balaban J connectivity index is 1.79. The maximum absolute atomic E-state index is 12.8. The molecule has 1 aromatic heterocycles. The van der Waals surface area contributed by atoms with Crippen molar-refractivity contribution in [2.24, 2.45) is 0 Å². The molecule has 0 bridgehead atoms. The molecule has 0 saturated carbocycles. The van der Waals surface area contributed by atoms with Gasteiger partial charge in [-0.2, -0.15) is 4.89 Å². The quantitative estimate of drug-likeness (QED) is 0.394. The molecule has 1 heterocycles. The smallest absolute Gasteiger partial charge is 0.345 e. The maximum atomic E-state index is 12.8. The number of nitrogens with zero attached hydrogens (tertiary/aromatic N) is 1. The van der Waals surface area contributed by atoms with Crippen LogP contribution in [0.1, 0.15) is 38.1 Å². The summed E-state index contributed by atoms with van der Waals surface area (Å²) in [6.45, 7) is -0.0493. The second kappa shape index (κ2) is 10.4. The molecule has 10 heteroatoms. The van der Waals surface area contributed by atoms with Gasteiger partial charge in [-0.05, 0) is 15.7 Å². The molecule has 0 radical (unpaired) electrons. The Morgan fingerprint density at radius 1 is 1.00 bits per heavy atom. The Labute approximate surface area is 178 Å². The number of carbonyl (C=O) groups is 2. The summed E-state index contributed by atoms with van der Waals surface area (Å²) in [5.41, 5.74) is 0.659. The average molecular weight is 439 g/mol. The summed E-state index contributed by atoms with van der Waals surface area (Å²) in [7, 11) is -2.38. The Morgan fingerprint density at radius 3 is 2.10 bits per heavy atom. The summed E-state index contributed by atoms with van der Waals surface area (Å²) >= 11 is 0. The molecular formula is C21H20N4O5P+. The highest BCUT2D eigenvalue weighted by Crippen LogP contribution is 2.22. The van der Waals surface area contributed by atoms with Crippen molar-refractivity contribution in [2.45, 2.75) is 6.04 Å². The van der Waals surface area contributed by atoms with Crippen LogP contribution in [-0.2, 0) is 4.57 Å². The van der Waals surface area contributed by atoms with Crippen LogP contribution in [-0.4, -0.2) is 39.4 Å². The Hall–Kier alpha value is -3.68. The first kappa shape index (κ1) is 22.0. The molecule has 9 nitrogen and oxygen atoms in total. The predicted molar refractivity (Wildman–Crippen MR) is 114 cm³/mol. The van der Waals surface area contributed by atoms with Crippen molar-refractivity contribution < 1.29 is 19.0 Å². The molecule has 1 atom stereocenters. The molecule has 0 spiro atoms. The number of aromatic amines is 1. The molecule has 3 rings (SSSR count). The fraction of sp³-hybridized carbons (Fsp3) is 0.143. The van der Waals surface area contributed by atoms with E-state index in [0.717, 1.165) is 17.3 Å². The minimum Gasteiger partial charge on any atom is -0.345 e. The lowest BCUT2D eigenvalue weighted by molar-refractivity contribution is 0.0927. The Bertz CT molecular complexity index is 1100. The van der Waals surface area contributed by atoms with Gasteiger partial charge in [-0.15, -0.1) is 0 Å². The molecule has 2 aromatic carbocycles. The van der Waals surface area contributed by atoms with Crippen LogP contribution in [0, 0.1) is 0 Å². The van der Waals surface area contributed by atoms with Crippen molar-refractivity contribution in [3.63, 3.8) is 0 Å². The highest BCUT2D eigenvalue weighted by atomic mass is 31.1. The molecule has 31 heavy (non-hydrogen) atoms. The molecule has 1 unspecified atom stereocenters. The number of hydrogen-bond donors (Lipinski definition) is 4. The van der Waals surface area contributed by atoms with Gasteiger partial charge in [0, 0.05) is 6.20 Å². The largest absolute Gasteiger partial charge is 0.507 e. The van der Waals surface area contributed by atoms with Gasteiger partial charge in [0.25, 0.3) is 17.4 Å². The second-order valence-corrected chi connectivity index (χ2v) is 7.69. The third-order valence-corrected chi connectivity index (χ3v) is 5.00. The lowest BCUT2D eigenvalue weighted by atomic mass is 9.98. The SMILES string of the molecule is O=C(NCC[P+](=O)O)c1ncc(C(=O)NC(c2ccccc2)c2ccccc2)c(=O)[nH]1. The van der Waals surface area contributed by atoms with Crippen LogP contribution < -0.4 is 16.2 Å². The number of hydrogen-bond acceptors (Lipinski definition) is 5. The van der Waals surface area contributed by atoms with E-state index in [1.54, 1.807) is 0 Å². The van der Waals surface area contributed by atoms with Gasteiger partial charge in [-0.1, -0.05) is 60.7 Å². The molecule has 0 aliphatic heterocycles. The summed E-state index contributed by atoms with van der Waals surface area (Å²) < 4.78 is 10.7. The zero-order valence-electron chi connectivity index (χ0n) is 16.3. The van der Waals surface area contributed by atoms with Crippen LogP contribution in [0.5, 0.6) is 0 Å². The molecule has 0 aliphatic rings. The lowest BCUT2D eigenvalue weighted by Crippen LogP contribution is -2.35. The summed E-state index contributed by atoms with van der Waals surface area (Å²) in [5, 5.41) is 5.21. The number of nitrogens with one attached hydrogen (secondary N) is 3. The molecule has 3 aromatic rings. The van der Waals surface area contributed by atoms with Crippen molar-refractivity contribution in [1.29, 1.82) is 0 Å². The minimum absolute atomic E-state index is 0.0493. The number of H-pyrrole nitrogens is 1. The number of benzene rings is 2. The van der Waals surface area contributed by atoms with E-state index in [1.807, 2.05) is 60.7 Å². The average Bonchev–Trinajstić information content (AvgIpc) is 2.78. The van der Waals surface area contributed by atoms with Crippen molar-refractivity contribution in [2.75, 3.05) is 12.7 Å². The molecule has 2 amide bonds. The normalized spacial score (nSPS) is 11.1. The van der Waals surface area contributed by atoms with Crippen LogP contribution in [0.25, 0.3) is 0 Å². The number of rotatable bonds is 8. The second-order valence-electron chi connectivity index (χ2n) is 6.53. The predicted octanol–water partition coefficient (Wildman–Crippen LogP) is 1.75. The first-order valence-corrected chi connectivity index (χ1v) is 10.8.